The molecule has 0 saturated carbocycles. The van der Waals surface area contributed by atoms with Crippen molar-refractivity contribution in [3.05, 3.63) is 42.4 Å². The van der Waals surface area contributed by atoms with Crippen LogP contribution in [0.3, 0.4) is 0 Å². The van der Waals surface area contributed by atoms with Gasteiger partial charge in [0.2, 0.25) is 0 Å². The smallest absolute Gasteiger partial charge is 0.151 e. The number of nitrogens with two attached hydrogens (primary N) is 2. The first-order valence-corrected chi connectivity index (χ1v) is 10.0. The fourth-order valence-electron chi connectivity index (χ4n) is 3.57. The Morgan fingerprint density at radius 3 is 2.34 bits per heavy atom. The number of piperidine rings is 1. The molecule has 0 unspecified atom stereocenters. The molecule has 1 fully saturated rings. The van der Waals surface area contributed by atoms with Gasteiger partial charge in [0.05, 0.1) is 0 Å². The number of benzene rings is 1. The molecular weight excluding hydrogens is 364 g/mol. The molecule has 1 aromatic carbocycles. The second kappa shape index (κ2) is 9.05. The first kappa shape index (κ1) is 20.8. The van der Waals surface area contributed by atoms with Gasteiger partial charge in [-0.1, -0.05) is 26.0 Å². The Kier molecular flexibility index (Phi) is 6.49. The van der Waals surface area contributed by atoms with Crippen LogP contribution in [0.4, 0.5) is 11.5 Å². The van der Waals surface area contributed by atoms with Gasteiger partial charge >= 0.3 is 0 Å². The molecule has 3 aromatic rings. The summed E-state index contributed by atoms with van der Waals surface area (Å²) in [6.07, 6.45) is 4.72. The van der Waals surface area contributed by atoms with E-state index in [1.54, 1.807) is 0 Å². The number of aromatic nitrogens is 3. The third kappa shape index (κ3) is 4.74. The summed E-state index contributed by atoms with van der Waals surface area (Å²) < 4.78 is 1.98. The lowest BCUT2D eigenvalue weighted by molar-refractivity contribution is -0.110. The number of nitrogens with zero attached hydrogens (tertiary/aromatic N) is 4. The molecule has 29 heavy (non-hydrogen) atoms. The van der Waals surface area contributed by atoms with E-state index in [4.69, 9.17) is 11.5 Å². The van der Waals surface area contributed by atoms with E-state index in [1.807, 2.05) is 42.6 Å². The number of aldehydes is 1. The maximum Gasteiger partial charge on any atom is 0.151 e. The van der Waals surface area contributed by atoms with Crippen LogP contribution in [0.25, 0.3) is 16.6 Å². The molecule has 0 amide bonds. The quantitative estimate of drug-likeness (QED) is 0.522. The Bertz CT molecular complexity index is 955. The van der Waals surface area contributed by atoms with Crippen molar-refractivity contribution in [1.29, 1.82) is 0 Å². The summed E-state index contributed by atoms with van der Waals surface area (Å²) in [6.45, 7) is 5.92. The number of anilines is 2. The van der Waals surface area contributed by atoms with Gasteiger partial charge in [0.25, 0.3) is 0 Å². The van der Waals surface area contributed by atoms with Crippen LogP contribution in [0, 0.1) is 5.92 Å². The highest BCUT2D eigenvalue weighted by Crippen LogP contribution is 2.36. The summed E-state index contributed by atoms with van der Waals surface area (Å²) in [4.78, 5) is 16.1. The van der Waals surface area contributed by atoms with Gasteiger partial charge in [-0.3, -0.25) is 0 Å². The minimum atomic E-state index is 0.204. The normalized spacial score (nSPS) is 15.3. The van der Waals surface area contributed by atoms with Crippen molar-refractivity contribution in [2.75, 3.05) is 31.6 Å². The molecule has 2 aromatic heterocycles. The molecule has 4 N–H and O–H groups in total. The second-order valence-corrected chi connectivity index (χ2v) is 7.97. The van der Waals surface area contributed by atoms with Gasteiger partial charge in [0.1, 0.15) is 18.1 Å². The topological polar surface area (TPSA) is 103 Å². The molecule has 4 rings (SSSR count). The van der Waals surface area contributed by atoms with E-state index in [-0.39, 0.29) is 5.92 Å². The number of carbonyl (C=O) groups is 1. The third-order valence-corrected chi connectivity index (χ3v) is 5.24. The second-order valence-electron chi connectivity index (χ2n) is 7.97. The van der Waals surface area contributed by atoms with E-state index < -0.39 is 0 Å². The lowest BCUT2D eigenvalue weighted by Gasteiger charge is -2.28. The molecule has 0 bridgehead atoms. The Morgan fingerprint density at radius 1 is 1.14 bits per heavy atom. The molecule has 1 saturated heterocycles. The number of hydrogen-bond donors (Lipinski definition) is 2. The number of fused-ring (bicyclic) bond motifs is 1. The van der Waals surface area contributed by atoms with Gasteiger partial charge in [0.15, 0.2) is 5.82 Å². The number of nitrogen functional groups attached to an aromatic ring is 2. The lowest BCUT2D eigenvalue weighted by Crippen LogP contribution is -2.29. The number of likely N-dealkylation sites (tertiary alicyclic amines) is 1. The Hall–Kier alpha value is -2.93. The van der Waals surface area contributed by atoms with Crippen LogP contribution in [-0.4, -0.2) is 45.9 Å². The van der Waals surface area contributed by atoms with E-state index in [0.717, 1.165) is 54.5 Å². The molecule has 0 spiro atoms. The van der Waals surface area contributed by atoms with Crippen molar-refractivity contribution in [3.8, 4) is 11.1 Å². The maximum absolute atomic E-state index is 9.50. The Morgan fingerprint density at radius 2 is 1.76 bits per heavy atom. The van der Waals surface area contributed by atoms with Crippen LogP contribution in [0.15, 0.2) is 36.7 Å². The Labute approximate surface area is 171 Å². The van der Waals surface area contributed by atoms with Crippen molar-refractivity contribution in [2.45, 2.75) is 32.6 Å². The molecule has 0 atom stereocenters. The number of rotatable bonds is 3. The van der Waals surface area contributed by atoms with Gasteiger partial charge in [-0.2, -0.15) is 5.10 Å². The SMILES string of the molecule is CC(C)C=O.CN1CCC(c2cc(-c3ccc(N)cc3)c3c(N)ncnn23)CC1. The third-order valence-electron chi connectivity index (χ3n) is 5.24. The molecule has 1 aliphatic heterocycles. The highest BCUT2D eigenvalue weighted by atomic mass is 16.1. The molecule has 3 heterocycles. The van der Waals surface area contributed by atoms with Crippen LogP contribution in [0.1, 0.15) is 38.3 Å². The predicted molar refractivity (Wildman–Crippen MR) is 118 cm³/mol. The van der Waals surface area contributed by atoms with E-state index in [9.17, 15) is 4.79 Å². The summed E-state index contributed by atoms with van der Waals surface area (Å²) in [5.74, 6) is 1.21. The average molecular weight is 395 g/mol. The summed E-state index contributed by atoms with van der Waals surface area (Å²) >= 11 is 0. The fourth-order valence-corrected chi connectivity index (χ4v) is 3.57. The van der Waals surface area contributed by atoms with Crippen LogP contribution >= 0.6 is 0 Å². The zero-order valence-electron chi connectivity index (χ0n) is 17.4. The molecule has 1 aliphatic rings. The Balaban J connectivity index is 0.000000431. The molecular formula is C22H30N6O. The highest BCUT2D eigenvalue weighted by molar-refractivity contribution is 5.88. The van der Waals surface area contributed by atoms with Crippen LogP contribution in [0.5, 0.6) is 0 Å². The summed E-state index contributed by atoms with van der Waals surface area (Å²) in [7, 11) is 2.17. The van der Waals surface area contributed by atoms with Gasteiger partial charge in [0, 0.05) is 28.8 Å². The lowest BCUT2D eigenvalue weighted by atomic mass is 9.93. The highest BCUT2D eigenvalue weighted by Gasteiger charge is 2.24. The zero-order chi connectivity index (χ0) is 21.0. The number of hydrogen-bond acceptors (Lipinski definition) is 6. The molecule has 154 valence electrons. The monoisotopic (exact) mass is 394 g/mol. The van der Waals surface area contributed by atoms with Crippen molar-refractivity contribution in [2.24, 2.45) is 5.92 Å². The van der Waals surface area contributed by atoms with E-state index in [1.165, 1.54) is 12.0 Å². The molecule has 7 heteroatoms. The first-order chi connectivity index (χ1) is 13.9. The standard InChI is InChI=1S/C18H22N6.C4H8O/c1-23-8-6-13(7-9-23)16-10-15(12-2-4-14(19)5-3-12)17-18(20)21-11-22-24(16)17;1-4(2)3-5/h2-5,10-11,13H,6-9,19H2,1H3,(H2,20,21,22);3-4H,1-2H3. The minimum Gasteiger partial charge on any atom is -0.399 e. The van der Waals surface area contributed by atoms with Crippen molar-refractivity contribution < 1.29 is 4.79 Å². The molecule has 7 nitrogen and oxygen atoms in total. The summed E-state index contributed by atoms with van der Waals surface area (Å²) in [6, 6.07) is 10.1. The molecule has 0 aliphatic carbocycles. The van der Waals surface area contributed by atoms with Crippen LogP contribution in [0.2, 0.25) is 0 Å². The predicted octanol–water partition coefficient (Wildman–Crippen LogP) is 3.21. The van der Waals surface area contributed by atoms with Gasteiger partial charge in [-0.25, -0.2) is 9.50 Å². The van der Waals surface area contributed by atoms with Gasteiger partial charge in [-0.05, 0) is 56.7 Å². The van der Waals surface area contributed by atoms with Gasteiger partial charge in [-0.15, -0.1) is 0 Å². The van der Waals surface area contributed by atoms with Crippen molar-refractivity contribution in [3.63, 3.8) is 0 Å². The summed E-state index contributed by atoms with van der Waals surface area (Å²) in [5, 5.41) is 4.49. The largest absolute Gasteiger partial charge is 0.399 e. The van der Waals surface area contributed by atoms with Gasteiger partial charge < -0.3 is 21.2 Å². The van der Waals surface area contributed by atoms with Crippen LogP contribution < -0.4 is 11.5 Å². The van der Waals surface area contributed by atoms with E-state index >= 15 is 0 Å². The zero-order valence-corrected chi connectivity index (χ0v) is 17.4. The fraction of sp³-hybridized carbons (Fsp3) is 0.409. The average Bonchev–Trinajstić information content (AvgIpc) is 3.10. The first-order valence-electron chi connectivity index (χ1n) is 10.0. The van der Waals surface area contributed by atoms with Crippen LogP contribution in [-0.2, 0) is 4.79 Å². The number of carbonyl (C=O) groups excluding carboxylic acids is 1. The maximum atomic E-state index is 9.50. The van der Waals surface area contributed by atoms with Crippen molar-refractivity contribution >= 4 is 23.3 Å². The molecule has 0 radical (unpaired) electrons. The van der Waals surface area contributed by atoms with Crippen molar-refractivity contribution in [1.82, 2.24) is 19.5 Å². The summed E-state index contributed by atoms with van der Waals surface area (Å²) in [5.41, 5.74) is 17.0. The van der Waals surface area contributed by atoms with E-state index in [2.05, 4.69) is 28.1 Å². The van der Waals surface area contributed by atoms with E-state index in [0.29, 0.717) is 11.7 Å². The minimum absolute atomic E-state index is 0.204.